The van der Waals surface area contributed by atoms with Gasteiger partial charge in [0.2, 0.25) is 0 Å². The maximum atomic E-state index is 14.3. The number of carboxylic acid groups (broad SMARTS) is 1. The van der Waals surface area contributed by atoms with Crippen molar-refractivity contribution in [1.29, 1.82) is 0 Å². The van der Waals surface area contributed by atoms with E-state index in [4.69, 9.17) is 5.10 Å². The molecule has 1 N–H and O–H groups in total. The molecule has 0 amide bonds. The van der Waals surface area contributed by atoms with Crippen LogP contribution in [-0.2, 0) is 17.8 Å². The van der Waals surface area contributed by atoms with Gasteiger partial charge < -0.3 is 14.9 Å². The number of halogens is 1. The molecule has 0 radical (unpaired) electrons. The molecule has 2 saturated heterocycles. The minimum atomic E-state index is -0.645. The first-order valence-electron chi connectivity index (χ1n) is 15.3. The third-order valence-corrected chi connectivity index (χ3v) is 10.3. The van der Waals surface area contributed by atoms with Gasteiger partial charge >= 0.3 is 5.97 Å². The van der Waals surface area contributed by atoms with Crippen LogP contribution in [0.25, 0.3) is 0 Å². The number of carbonyl (C=O) groups is 1. The zero-order chi connectivity index (χ0) is 27.7. The van der Waals surface area contributed by atoms with E-state index >= 15 is 0 Å². The van der Waals surface area contributed by atoms with E-state index in [1.807, 2.05) is 6.07 Å². The predicted molar refractivity (Wildman–Crippen MR) is 153 cm³/mol. The lowest BCUT2D eigenvalue weighted by molar-refractivity contribution is -0.149. The van der Waals surface area contributed by atoms with Gasteiger partial charge in [0, 0.05) is 49.8 Å². The van der Waals surface area contributed by atoms with E-state index in [1.165, 1.54) is 23.0 Å². The Labute approximate surface area is 233 Å². The van der Waals surface area contributed by atoms with Crippen LogP contribution in [0, 0.1) is 24.1 Å². The predicted octanol–water partition coefficient (Wildman–Crippen LogP) is 5.84. The summed E-state index contributed by atoms with van der Waals surface area (Å²) >= 11 is 0. The van der Waals surface area contributed by atoms with Crippen LogP contribution in [0.3, 0.4) is 0 Å². The normalized spacial score (nSPS) is 25.4. The minimum absolute atomic E-state index is 0.190. The molecule has 1 aliphatic carbocycles. The van der Waals surface area contributed by atoms with E-state index in [0.717, 1.165) is 83.2 Å². The van der Waals surface area contributed by atoms with Gasteiger partial charge in [0.15, 0.2) is 0 Å². The molecule has 39 heavy (non-hydrogen) atoms. The van der Waals surface area contributed by atoms with Gasteiger partial charge in [-0.1, -0.05) is 31.9 Å². The fraction of sp³-hybridized carbons (Fsp3) is 0.688. The third kappa shape index (κ3) is 5.54. The first-order valence-corrected chi connectivity index (χ1v) is 15.3. The number of hydrogen-bond donors (Lipinski definition) is 1. The van der Waals surface area contributed by atoms with Crippen molar-refractivity contribution in [2.45, 2.75) is 97.1 Å². The Kier molecular flexibility index (Phi) is 8.48. The summed E-state index contributed by atoms with van der Waals surface area (Å²) in [5.41, 5.74) is 4.47. The van der Waals surface area contributed by atoms with Gasteiger partial charge in [0.05, 0.1) is 11.1 Å². The molecule has 214 valence electrons. The minimum Gasteiger partial charge on any atom is -0.481 e. The second-order valence-corrected chi connectivity index (χ2v) is 12.5. The summed E-state index contributed by atoms with van der Waals surface area (Å²) in [6.45, 7) is 14.3. The molecule has 5 rings (SSSR count). The van der Waals surface area contributed by atoms with Crippen LogP contribution < -0.4 is 0 Å². The summed E-state index contributed by atoms with van der Waals surface area (Å²) in [5.74, 6) is 0.249. The Morgan fingerprint density at radius 2 is 1.90 bits per heavy atom. The summed E-state index contributed by atoms with van der Waals surface area (Å²) < 4.78 is 16.5. The van der Waals surface area contributed by atoms with Gasteiger partial charge in [-0.3, -0.25) is 9.48 Å². The molecule has 0 unspecified atom stereocenters. The van der Waals surface area contributed by atoms with Crippen molar-refractivity contribution >= 4 is 5.97 Å². The van der Waals surface area contributed by atoms with E-state index in [0.29, 0.717) is 24.4 Å². The number of nitrogens with zero attached hydrogens (tertiary/aromatic N) is 4. The van der Waals surface area contributed by atoms with Gasteiger partial charge in [-0.2, -0.15) is 5.10 Å². The van der Waals surface area contributed by atoms with Gasteiger partial charge in [-0.05, 0) is 95.1 Å². The Bertz CT molecular complexity index is 1150. The zero-order valence-corrected chi connectivity index (χ0v) is 24.3. The average Bonchev–Trinajstić information content (AvgIpc) is 3.66. The lowest BCUT2D eigenvalue weighted by Crippen LogP contribution is -2.46. The second-order valence-electron chi connectivity index (χ2n) is 12.5. The molecule has 3 heterocycles. The number of aliphatic carboxylic acids is 1. The van der Waals surface area contributed by atoms with Crippen LogP contribution in [0.1, 0.15) is 93.6 Å². The van der Waals surface area contributed by atoms with Crippen molar-refractivity contribution < 1.29 is 14.3 Å². The standard InChI is InChI=1S/C32H47FN4O2/c1-5-29-22(3)30(37(6-2)34-29)24-12-16-36(17-13-24)23(4)27-19-35(21-32(31(38)39)14-7-8-15-32)20-28(27)25-10-9-11-26(33)18-25/h9-11,18,23-24,27-28H,5-8,12-17,19-21H2,1-4H3,(H,38,39)/t23-,27-,28-/m1/s1. The smallest absolute Gasteiger partial charge is 0.310 e. The highest BCUT2D eigenvalue weighted by Gasteiger charge is 2.47. The first-order chi connectivity index (χ1) is 18.8. The SMILES string of the molecule is CCc1nn(CC)c(C2CCN([C@H](C)[C@H]3CN(CC4(C(=O)O)CCCC4)C[C@@H]3c3cccc(F)c3)CC2)c1C. The van der Waals surface area contributed by atoms with Gasteiger partial charge in [0.1, 0.15) is 5.82 Å². The Hall–Kier alpha value is -2.25. The molecular weight excluding hydrogens is 491 g/mol. The number of aryl methyl sites for hydroxylation is 2. The largest absolute Gasteiger partial charge is 0.481 e. The molecule has 2 aromatic rings. The number of rotatable bonds is 9. The molecule has 3 fully saturated rings. The van der Waals surface area contributed by atoms with E-state index in [-0.39, 0.29) is 11.7 Å². The van der Waals surface area contributed by atoms with E-state index in [1.54, 1.807) is 6.07 Å². The fourth-order valence-electron chi connectivity index (χ4n) is 8.10. The number of hydrogen-bond acceptors (Lipinski definition) is 4. The average molecular weight is 539 g/mol. The number of aromatic nitrogens is 2. The molecule has 6 nitrogen and oxygen atoms in total. The molecule has 1 aromatic carbocycles. The van der Waals surface area contributed by atoms with Crippen LogP contribution >= 0.6 is 0 Å². The van der Waals surface area contributed by atoms with Crippen LogP contribution in [0.4, 0.5) is 4.39 Å². The summed E-state index contributed by atoms with van der Waals surface area (Å²) in [7, 11) is 0. The monoisotopic (exact) mass is 538 g/mol. The van der Waals surface area contributed by atoms with E-state index in [9.17, 15) is 14.3 Å². The van der Waals surface area contributed by atoms with E-state index < -0.39 is 11.4 Å². The molecule has 3 aliphatic rings. The lowest BCUT2D eigenvalue weighted by Gasteiger charge is -2.40. The van der Waals surface area contributed by atoms with Crippen molar-refractivity contribution in [2.24, 2.45) is 11.3 Å². The molecule has 0 spiro atoms. The first kappa shape index (κ1) is 28.3. The molecule has 1 saturated carbocycles. The van der Waals surface area contributed by atoms with Crippen LogP contribution in [0.15, 0.2) is 24.3 Å². The maximum absolute atomic E-state index is 14.3. The number of likely N-dealkylation sites (tertiary alicyclic amines) is 2. The number of piperidine rings is 1. The van der Waals surface area contributed by atoms with Crippen molar-refractivity contribution in [3.8, 4) is 0 Å². The van der Waals surface area contributed by atoms with Gasteiger partial charge in [-0.25, -0.2) is 4.39 Å². The highest BCUT2D eigenvalue weighted by Crippen LogP contribution is 2.44. The Balaban J connectivity index is 1.32. The summed E-state index contributed by atoms with van der Waals surface area (Å²) in [5, 5.41) is 15.0. The molecule has 7 heteroatoms. The number of benzene rings is 1. The van der Waals surface area contributed by atoms with Crippen LogP contribution in [0.5, 0.6) is 0 Å². The Morgan fingerprint density at radius 1 is 1.18 bits per heavy atom. The zero-order valence-electron chi connectivity index (χ0n) is 24.3. The maximum Gasteiger partial charge on any atom is 0.310 e. The number of carboxylic acids is 1. The molecular formula is C32H47FN4O2. The van der Waals surface area contributed by atoms with Crippen LogP contribution in [0.2, 0.25) is 0 Å². The quantitative estimate of drug-likeness (QED) is 0.435. The fourth-order valence-corrected chi connectivity index (χ4v) is 8.10. The lowest BCUT2D eigenvalue weighted by atomic mass is 9.82. The molecule has 3 atom stereocenters. The van der Waals surface area contributed by atoms with Crippen molar-refractivity contribution in [3.63, 3.8) is 0 Å². The highest BCUT2D eigenvalue weighted by molar-refractivity contribution is 5.75. The molecule has 1 aromatic heterocycles. The van der Waals surface area contributed by atoms with Gasteiger partial charge in [-0.15, -0.1) is 0 Å². The second kappa shape index (κ2) is 11.7. The third-order valence-electron chi connectivity index (χ3n) is 10.3. The topological polar surface area (TPSA) is 61.6 Å². The Morgan fingerprint density at radius 3 is 2.51 bits per heavy atom. The van der Waals surface area contributed by atoms with Crippen molar-refractivity contribution in [2.75, 3.05) is 32.7 Å². The van der Waals surface area contributed by atoms with E-state index in [2.05, 4.69) is 48.2 Å². The van der Waals surface area contributed by atoms with Gasteiger partial charge in [0.25, 0.3) is 0 Å². The van der Waals surface area contributed by atoms with Crippen molar-refractivity contribution in [3.05, 3.63) is 52.6 Å². The summed E-state index contributed by atoms with van der Waals surface area (Å²) in [6, 6.07) is 7.44. The van der Waals surface area contributed by atoms with Crippen molar-refractivity contribution in [1.82, 2.24) is 19.6 Å². The molecule has 2 aliphatic heterocycles. The summed E-state index contributed by atoms with van der Waals surface area (Å²) in [6.07, 6.45) is 6.77. The molecule has 0 bridgehead atoms. The van der Waals surface area contributed by atoms with Crippen LogP contribution in [-0.4, -0.2) is 69.4 Å². The highest BCUT2D eigenvalue weighted by atomic mass is 19.1. The summed E-state index contributed by atoms with van der Waals surface area (Å²) in [4.78, 5) is 17.3.